The molecule has 158 valence electrons. The van der Waals surface area contributed by atoms with Gasteiger partial charge in [-0.1, -0.05) is 12.1 Å². The van der Waals surface area contributed by atoms with Crippen LogP contribution in [0.2, 0.25) is 0 Å². The Morgan fingerprint density at radius 2 is 1.86 bits per heavy atom. The number of nitrogens with zero attached hydrogens (tertiary/aromatic N) is 3. The highest BCUT2D eigenvalue weighted by molar-refractivity contribution is 7.80. The number of rotatable bonds is 4. The number of likely N-dealkylation sites (tertiary alicyclic amines) is 1. The average Bonchev–Trinajstić information content (AvgIpc) is 2.79. The lowest BCUT2D eigenvalue weighted by Crippen LogP contribution is -2.55. The number of anilines is 1. The Kier molecular flexibility index (Phi) is 6.84. The minimum absolute atomic E-state index is 0.0697. The monoisotopic (exact) mass is 418 g/mol. The molecule has 1 aromatic rings. The fraction of sp³-hybridized carbons (Fsp3) is 0.619. The molecule has 3 heterocycles. The molecule has 2 fully saturated rings. The number of nitrogens with one attached hydrogen (secondary N) is 1. The molecule has 1 N–H and O–H groups in total. The summed E-state index contributed by atoms with van der Waals surface area (Å²) in [7, 11) is 0. The minimum atomic E-state index is -0.526. The number of carbonyl (C=O) groups is 1. The number of hydrogen-bond acceptors (Lipinski definition) is 5. The molecule has 0 unspecified atom stereocenters. The van der Waals surface area contributed by atoms with E-state index < -0.39 is 6.10 Å². The highest BCUT2D eigenvalue weighted by Gasteiger charge is 2.35. The SMILES string of the molecule is O=C([C@@H]1CN(C(=S)NCCN2CCOCC2)c2ccccc2O1)N1CCCCC1. The number of para-hydroxylation sites is 2. The lowest BCUT2D eigenvalue weighted by atomic mass is 10.1. The Morgan fingerprint density at radius 3 is 2.66 bits per heavy atom. The van der Waals surface area contributed by atoms with Gasteiger partial charge in [-0.05, 0) is 43.6 Å². The van der Waals surface area contributed by atoms with E-state index in [1.54, 1.807) is 0 Å². The van der Waals surface area contributed by atoms with Gasteiger partial charge in [-0.15, -0.1) is 0 Å². The standard InChI is InChI=1S/C21H30N4O3S/c26-20(24-9-4-1-5-10-24)19-16-25(17-6-2-3-7-18(17)28-19)21(29)22-8-11-23-12-14-27-15-13-23/h2-3,6-7,19H,1,4-5,8-16H2,(H,22,29)/t19-/m0/s1. The highest BCUT2D eigenvalue weighted by Crippen LogP contribution is 2.33. The minimum Gasteiger partial charge on any atom is -0.476 e. The summed E-state index contributed by atoms with van der Waals surface area (Å²) in [6, 6.07) is 7.80. The van der Waals surface area contributed by atoms with Gasteiger partial charge < -0.3 is 24.6 Å². The summed E-state index contributed by atoms with van der Waals surface area (Å²) in [4.78, 5) is 19.4. The second-order valence-corrected chi connectivity index (χ2v) is 8.14. The van der Waals surface area contributed by atoms with E-state index in [1.807, 2.05) is 34.1 Å². The van der Waals surface area contributed by atoms with Crippen LogP contribution in [0.15, 0.2) is 24.3 Å². The fourth-order valence-corrected chi connectivity index (χ4v) is 4.39. The molecule has 8 heteroatoms. The molecule has 0 bridgehead atoms. The zero-order valence-corrected chi connectivity index (χ0v) is 17.7. The van der Waals surface area contributed by atoms with Crippen molar-refractivity contribution in [2.45, 2.75) is 25.4 Å². The summed E-state index contributed by atoms with van der Waals surface area (Å²) < 4.78 is 11.5. The lowest BCUT2D eigenvalue weighted by molar-refractivity contribution is -0.139. The maximum Gasteiger partial charge on any atom is 0.265 e. The molecule has 1 aromatic carbocycles. The first-order chi connectivity index (χ1) is 14.2. The Hall–Kier alpha value is -1.90. The number of carbonyl (C=O) groups excluding carboxylic acids is 1. The second kappa shape index (κ2) is 9.73. The molecule has 0 saturated carbocycles. The van der Waals surface area contributed by atoms with Gasteiger partial charge in [-0.3, -0.25) is 9.69 Å². The first kappa shape index (κ1) is 20.4. The third kappa shape index (κ3) is 4.99. The van der Waals surface area contributed by atoms with Gasteiger partial charge in [0.05, 0.1) is 25.4 Å². The van der Waals surface area contributed by atoms with Gasteiger partial charge in [-0.25, -0.2) is 0 Å². The Bertz CT molecular complexity index is 720. The summed E-state index contributed by atoms with van der Waals surface area (Å²) in [5.41, 5.74) is 0.916. The molecule has 2 saturated heterocycles. The van der Waals surface area contributed by atoms with Gasteiger partial charge in [0.2, 0.25) is 0 Å². The van der Waals surface area contributed by atoms with Crippen LogP contribution in [0.3, 0.4) is 0 Å². The molecule has 3 aliphatic rings. The summed E-state index contributed by atoms with van der Waals surface area (Å²) in [5.74, 6) is 0.784. The molecular weight excluding hydrogens is 388 g/mol. The number of thiocarbonyl (C=S) groups is 1. The van der Waals surface area contributed by atoms with Crippen LogP contribution in [0.1, 0.15) is 19.3 Å². The smallest absolute Gasteiger partial charge is 0.265 e. The molecule has 0 spiro atoms. The first-order valence-corrected chi connectivity index (χ1v) is 11.0. The van der Waals surface area contributed by atoms with Gasteiger partial charge in [-0.2, -0.15) is 0 Å². The molecule has 0 aliphatic carbocycles. The predicted octanol–water partition coefficient (Wildman–Crippen LogP) is 1.47. The van der Waals surface area contributed by atoms with Gasteiger partial charge >= 0.3 is 0 Å². The number of amides is 1. The van der Waals surface area contributed by atoms with Crippen LogP contribution >= 0.6 is 12.2 Å². The van der Waals surface area contributed by atoms with Crippen LogP contribution in [0.4, 0.5) is 5.69 Å². The molecule has 0 aromatic heterocycles. The molecule has 3 aliphatic heterocycles. The van der Waals surface area contributed by atoms with Crippen molar-refractivity contribution >= 4 is 28.9 Å². The topological polar surface area (TPSA) is 57.3 Å². The van der Waals surface area contributed by atoms with Crippen molar-refractivity contribution in [2.24, 2.45) is 0 Å². The van der Waals surface area contributed by atoms with Gasteiger partial charge in [0.1, 0.15) is 5.75 Å². The van der Waals surface area contributed by atoms with E-state index in [0.717, 1.165) is 71.0 Å². The average molecular weight is 419 g/mol. The van der Waals surface area contributed by atoms with Crippen LogP contribution in [-0.4, -0.2) is 86.0 Å². The second-order valence-electron chi connectivity index (χ2n) is 7.76. The Labute approximate surface area is 177 Å². The number of fused-ring (bicyclic) bond motifs is 1. The fourth-order valence-electron chi connectivity index (χ4n) is 4.11. The summed E-state index contributed by atoms with van der Waals surface area (Å²) in [5, 5.41) is 4.02. The van der Waals surface area contributed by atoms with Crippen LogP contribution < -0.4 is 15.0 Å². The number of piperidine rings is 1. The maximum atomic E-state index is 13.0. The molecule has 29 heavy (non-hydrogen) atoms. The zero-order valence-electron chi connectivity index (χ0n) is 16.8. The number of ether oxygens (including phenoxy) is 2. The molecule has 0 radical (unpaired) electrons. The lowest BCUT2D eigenvalue weighted by Gasteiger charge is -2.38. The third-order valence-corrected chi connectivity index (χ3v) is 6.13. The van der Waals surface area contributed by atoms with Crippen molar-refractivity contribution in [3.63, 3.8) is 0 Å². The van der Waals surface area contributed by atoms with Crippen LogP contribution in [-0.2, 0) is 9.53 Å². The molecule has 1 atom stereocenters. The highest BCUT2D eigenvalue weighted by atomic mass is 32.1. The summed E-state index contributed by atoms with van der Waals surface area (Å²) >= 11 is 5.70. The van der Waals surface area contributed by atoms with Gasteiger partial charge in [0.15, 0.2) is 11.2 Å². The van der Waals surface area contributed by atoms with Crippen molar-refractivity contribution in [3.05, 3.63) is 24.3 Å². The Morgan fingerprint density at radius 1 is 1.10 bits per heavy atom. The number of benzene rings is 1. The van der Waals surface area contributed by atoms with E-state index in [0.29, 0.717) is 17.4 Å². The van der Waals surface area contributed by atoms with Crippen molar-refractivity contribution in [1.82, 2.24) is 15.1 Å². The molecule has 7 nitrogen and oxygen atoms in total. The largest absolute Gasteiger partial charge is 0.476 e. The van der Waals surface area contributed by atoms with Crippen molar-refractivity contribution in [3.8, 4) is 5.75 Å². The summed E-state index contributed by atoms with van der Waals surface area (Å²) in [6.07, 6.45) is 2.81. The normalized spacial score (nSPS) is 22.6. The van der Waals surface area contributed by atoms with Crippen molar-refractivity contribution in [1.29, 1.82) is 0 Å². The van der Waals surface area contributed by atoms with E-state index in [9.17, 15) is 4.79 Å². The number of morpholine rings is 1. The van der Waals surface area contributed by atoms with E-state index >= 15 is 0 Å². The van der Waals surface area contributed by atoms with Crippen molar-refractivity contribution < 1.29 is 14.3 Å². The first-order valence-electron chi connectivity index (χ1n) is 10.6. The summed E-state index contributed by atoms with van der Waals surface area (Å²) in [6.45, 7) is 7.28. The van der Waals surface area contributed by atoms with Crippen LogP contribution in [0.5, 0.6) is 5.75 Å². The number of hydrogen-bond donors (Lipinski definition) is 1. The Balaban J connectivity index is 1.40. The third-order valence-electron chi connectivity index (χ3n) is 5.77. The van der Waals surface area contributed by atoms with Crippen LogP contribution in [0, 0.1) is 0 Å². The van der Waals surface area contributed by atoms with E-state index in [1.165, 1.54) is 6.42 Å². The predicted molar refractivity (Wildman–Crippen MR) is 116 cm³/mol. The van der Waals surface area contributed by atoms with E-state index in [4.69, 9.17) is 21.7 Å². The maximum absolute atomic E-state index is 13.0. The zero-order chi connectivity index (χ0) is 20.1. The van der Waals surface area contributed by atoms with Gasteiger partial charge in [0, 0.05) is 39.3 Å². The quantitative estimate of drug-likeness (QED) is 0.743. The molecule has 4 rings (SSSR count). The molecular formula is C21H30N4O3S. The van der Waals surface area contributed by atoms with Crippen molar-refractivity contribution in [2.75, 3.05) is 63.9 Å². The van der Waals surface area contributed by atoms with Crippen LogP contribution in [0.25, 0.3) is 0 Å². The van der Waals surface area contributed by atoms with E-state index in [-0.39, 0.29) is 5.91 Å². The van der Waals surface area contributed by atoms with E-state index in [2.05, 4.69) is 10.2 Å². The van der Waals surface area contributed by atoms with Gasteiger partial charge in [0.25, 0.3) is 5.91 Å². The molecule has 1 amide bonds.